The third-order valence-electron chi connectivity index (χ3n) is 4.58. The fraction of sp³-hybridized carbons (Fsp3) is 0.632. The molecule has 1 saturated heterocycles. The van der Waals surface area contributed by atoms with Gasteiger partial charge in [0.05, 0.1) is 13.7 Å². The number of hydrogen-bond donors (Lipinski definition) is 3. The molecule has 2 rings (SSSR count). The first-order valence-corrected chi connectivity index (χ1v) is 9.43. The van der Waals surface area contributed by atoms with Gasteiger partial charge in [0, 0.05) is 32.2 Å². The SMILES string of the molecule is CCNC(=NCCc1ccc(O)c(OC)c1)NC1CCN(CC(F)F)CC1.I. The number of benzene rings is 1. The van der Waals surface area contributed by atoms with Crippen molar-refractivity contribution in [2.24, 2.45) is 4.99 Å². The van der Waals surface area contributed by atoms with E-state index in [4.69, 9.17) is 4.74 Å². The highest BCUT2D eigenvalue weighted by Crippen LogP contribution is 2.26. The highest BCUT2D eigenvalue weighted by molar-refractivity contribution is 14.0. The third-order valence-corrected chi connectivity index (χ3v) is 4.58. The molecule has 28 heavy (non-hydrogen) atoms. The molecular formula is C19H31F2IN4O2. The molecule has 1 aliphatic rings. The predicted molar refractivity (Wildman–Crippen MR) is 118 cm³/mol. The second kappa shape index (κ2) is 13.0. The minimum Gasteiger partial charge on any atom is -0.504 e. The largest absolute Gasteiger partial charge is 0.504 e. The Morgan fingerprint density at radius 3 is 2.68 bits per heavy atom. The third kappa shape index (κ3) is 8.34. The van der Waals surface area contributed by atoms with Crippen molar-refractivity contribution in [1.82, 2.24) is 15.5 Å². The highest BCUT2D eigenvalue weighted by atomic mass is 127. The molecule has 1 aromatic rings. The predicted octanol–water partition coefficient (Wildman–Crippen LogP) is 2.85. The van der Waals surface area contributed by atoms with Crippen LogP contribution in [-0.2, 0) is 6.42 Å². The molecule has 6 nitrogen and oxygen atoms in total. The Hall–Kier alpha value is -1.36. The number of phenols is 1. The lowest BCUT2D eigenvalue weighted by atomic mass is 10.1. The lowest BCUT2D eigenvalue weighted by molar-refractivity contribution is 0.0744. The molecule has 0 aromatic heterocycles. The number of ether oxygens (including phenoxy) is 1. The smallest absolute Gasteiger partial charge is 0.251 e. The maximum absolute atomic E-state index is 12.5. The Bertz CT molecular complexity index is 612. The van der Waals surface area contributed by atoms with Crippen LogP contribution in [0, 0.1) is 0 Å². The minimum atomic E-state index is -2.27. The monoisotopic (exact) mass is 512 g/mol. The molecule has 3 N–H and O–H groups in total. The second-order valence-corrected chi connectivity index (χ2v) is 6.63. The molecule has 160 valence electrons. The summed E-state index contributed by atoms with van der Waals surface area (Å²) in [4.78, 5) is 6.42. The van der Waals surface area contributed by atoms with E-state index in [1.165, 1.54) is 7.11 Å². The first kappa shape index (κ1) is 24.7. The van der Waals surface area contributed by atoms with E-state index in [0.717, 1.165) is 37.3 Å². The number of likely N-dealkylation sites (tertiary alicyclic amines) is 1. The average Bonchev–Trinajstić information content (AvgIpc) is 2.64. The molecule has 1 aliphatic heterocycles. The van der Waals surface area contributed by atoms with Crippen LogP contribution in [0.5, 0.6) is 11.5 Å². The number of aliphatic imine (C=N–C) groups is 1. The van der Waals surface area contributed by atoms with Gasteiger partial charge in [0.2, 0.25) is 0 Å². The standard InChI is InChI=1S/C19H30F2N4O2.HI/c1-3-22-19(24-15-7-10-25(11-8-15)13-18(20)21)23-9-6-14-4-5-16(26)17(12-14)27-2;/h4-5,12,15,18,26H,3,6-11,13H2,1-2H3,(H2,22,23,24);1H. The number of hydrogen-bond acceptors (Lipinski definition) is 4. The summed E-state index contributed by atoms with van der Waals surface area (Å²) in [7, 11) is 1.52. The number of aromatic hydroxyl groups is 1. The molecule has 0 amide bonds. The Labute approximate surface area is 182 Å². The van der Waals surface area contributed by atoms with Gasteiger partial charge < -0.3 is 20.5 Å². The van der Waals surface area contributed by atoms with Gasteiger partial charge in [0.1, 0.15) is 0 Å². The number of guanidine groups is 1. The fourth-order valence-electron chi connectivity index (χ4n) is 3.14. The van der Waals surface area contributed by atoms with Gasteiger partial charge in [0.25, 0.3) is 6.43 Å². The Balaban J connectivity index is 0.00000392. The van der Waals surface area contributed by atoms with Gasteiger partial charge in [-0.05, 0) is 43.9 Å². The number of piperidine rings is 1. The van der Waals surface area contributed by atoms with Crippen LogP contribution in [0.3, 0.4) is 0 Å². The van der Waals surface area contributed by atoms with Gasteiger partial charge in [0.15, 0.2) is 17.5 Å². The number of phenolic OH excluding ortho intramolecular Hbond substituents is 1. The van der Waals surface area contributed by atoms with Gasteiger partial charge in [-0.3, -0.25) is 9.89 Å². The second-order valence-electron chi connectivity index (χ2n) is 6.63. The van der Waals surface area contributed by atoms with Gasteiger partial charge in [-0.2, -0.15) is 0 Å². The minimum absolute atomic E-state index is 0. The van der Waals surface area contributed by atoms with Crippen molar-refractivity contribution in [2.75, 3.05) is 39.8 Å². The number of nitrogens with one attached hydrogen (secondary N) is 2. The van der Waals surface area contributed by atoms with Gasteiger partial charge in [-0.1, -0.05) is 6.07 Å². The molecule has 0 aliphatic carbocycles. The van der Waals surface area contributed by atoms with E-state index in [9.17, 15) is 13.9 Å². The summed E-state index contributed by atoms with van der Waals surface area (Å²) in [6.45, 7) is 4.56. The first-order chi connectivity index (χ1) is 13.0. The van der Waals surface area contributed by atoms with Crippen molar-refractivity contribution in [3.63, 3.8) is 0 Å². The van der Waals surface area contributed by atoms with E-state index in [-0.39, 0.29) is 42.3 Å². The first-order valence-electron chi connectivity index (χ1n) is 9.43. The van der Waals surface area contributed by atoms with Crippen LogP contribution in [0.25, 0.3) is 0 Å². The molecule has 0 unspecified atom stereocenters. The topological polar surface area (TPSA) is 69.1 Å². The van der Waals surface area contributed by atoms with E-state index < -0.39 is 6.43 Å². The van der Waals surface area contributed by atoms with Crippen LogP contribution in [0.1, 0.15) is 25.3 Å². The van der Waals surface area contributed by atoms with Crippen molar-refractivity contribution in [2.45, 2.75) is 38.7 Å². The zero-order valence-corrected chi connectivity index (χ0v) is 18.8. The fourth-order valence-corrected chi connectivity index (χ4v) is 3.14. The van der Waals surface area contributed by atoms with E-state index in [0.29, 0.717) is 25.4 Å². The normalized spacial score (nSPS) is 16.0. The van der Waals surface area contributed by atoms with Crippen LogP contribution in [0.15, 0.2) is 23.2 Å². The molecular weight excluding hydrogens is 481 g/mol. The van der Waals surface area contributed by atoms with Crippen LogP contribution in [-0.4, -0.2) is 68.3 Å². The Morgan fingerprint density at radius 1 is 1.36 bits per heavy atom. The summed E-state index contributed by atoms with van der Waals surface area (Å²) in [6.07, 6.45) is 0.102. The van der Waals surface area contributed by atoms with Crippen molar-refractivity contribution < 1.29 is 18.6 Å². The zero-order chi connectivity index (χ0) is 19.6. The molecule has 9 heteroatoms. The summed E-state index contributed by atoms with van der Waals surface area (Å²) in [5.74, 6) is 1.32. The van der Waals surface area contributed by atoms with E-state index in [1.807, 2.05) is 24.0 Å². The van der Waals surface area contributed by atoms with Crippen LogP contribution in [0.2, 0.25) is 0 Å². The Kier molecular flexibility index (Phi) is 11.4. The summed E-state index contributed by atoms with van der Waals surface area (Å²) in [5, 5.41) is 16.3. The number of nitrogens with zero attached hydrogens (tertiary/aromatic N) is 2. The molecule has 1 fully saturated rings. The van der Waals surface area contributed by atoms with Crippen LogP contribution in [0.4, 0.5) is 8.78 Å². The summed E-state index contributed by atoms with van der Waals surface area (Å²) >= 11 is 0. The van der Waals surface area contributed by atoms with Gasteiger partial charge >= 0.3 is 0 Å². The number of halogens is 3. The number of rotatable bonds is 8. The average molecular weight is 512 g/mol. The quantitative estimate of drug-likeness (QED) is 0.284. The Morgan fingerprint density at radius 2 is 2.07 bits per heavy atom. The number of alkyl halides is 2. The summed E-state index contributed by atoms with van der Waals surface area (Å²) < 4.78 is 30.1. The molecule has 0 bridgehead atoms. The van der Waals surface area contributed by atoms with Crippen molar-refractivity contribution >= 4 is 29.9 Å². The maximum atomic E-state index is 12.5. The zero-order valence-electron chi connectivity index (χ0n) is 16.5. The van der Waals surface area contributed by atoms with E-state index in [2.05, 4.69) is 15.6 Å². The maximum Gasteiger partial charge on any atom is 0.251 e. The molecule has 0 spiro atoms. The van der Waals surface area contributed by atoms with Crippen molar-refractivity contribution in [1.29, 1.82) is 0 Å². The highest BCUT2D eigenvalue weighted by Gasteiger charge is 2.21. The van der Waals surface area contributed by atoms with E-state index in [1.54, 1.807) is 6.07 Å². The molecule has 1 heterocycles. The summed E-state index contributed by atoms with van der Waals surface area (Å²) in [5.41, 5.74) is 1.03. The van der Waals surface area contributed by atoms with Gasteiger partial charge in [-0.25, -0.2) is 8.78 Å². The van der Waals surface area contributed by atoms with Crippen molar-refractivity contribution in [3.8, 4) is 11.5 Å². The number of methoxy groups -OCH3 is 1. The van der Waals surface area contributed by atoms with E-state index >= 15 is 0 Å². The van der Waals surface area contributed by atoms with Crippen LogP contribution < -0.4 is 15.4 Å². The summed E-state index contributed by atoms with van der Waals surface area (Å²) in [6, 6.07) is 5.52. The van der Waals surface area contributed by atoms with Crippen molar-refractivity contribution in [3.05, 3.63) is 23.8 Å². The lowest BCUT2D eigenvalue weighted by Crippen LogP contribution is -2.49. The van der Waals surface area contributed by atoms with Gasteiger partial charge in [-0.15, -0.1) is 24.0 Å². The lowest BCUT2D eigenvalue weighted by Gasteiger charge is -2.32. The molecule has 0 radical (unpaired) electrons. The molecule has 0 saturated carbocycles. The molecule has 0 atom stereocenters. The van der Waals surface area contributed by atoms with Crippen LogP contribution >= 0.6 is 24.0 Å². The molecule has 1 aromatic carbocycles.